The number of benzene rings is 2. The molecule has 176 valence electrons. The van der Waals surface area contributed by atoms with Gasteiger partial charge in [0.1, 0.15) is 0 Å². The molecular weight excluding hydrogens is 472 g/mol. The number of thiazole rings is 1. The van der Waals surface area contributed by atoms with E-state index in [-0.39, 0.29) is 16.7 Å². The smallest absolute Gasteiger partial charge is 0.250 e. The van der Waals surface area contributed by atoms with Gasteiger partial charge in [-0.25, -0.2) is 13.4 Å². The maximum atomic E-state index is 12.8. The van der Waals surface area contributed by atoms with Gasteiger partial charge < -0.3 is 4.90 Å². The summed E-state index contributed by atoms with van der Waals surface area (Å²) < 4.78 is 27.8. The van der Waals surface area contributed by atoms with Crippen LogP contribution in [0.4, 0.5) is 10.8 Å². The fourth-order valence-electron chi connectivity index (χ4n) is 4.20. The van der Waals surface area contributed by atoms with Crippen molar-refractivity contribution in [2.24, 2.45) is 0 Å². The second kappa shape index (κ2) is 9.28. The lowest BCUT2D eigenvalue weighted by molar-refractivity contribution is -0.117. The molecule has 0 aliphatic carbocycles. The van der Waals surface area contributed by atoms with Gasteiger partial charge in [-0.2, -0.15) is 4.31 Å². The first-order valence-electron chi connectivity index (χ1n) is 11.2. The van der Waals surface area contributed by atoms with Gasteiger partial charge in [-0.15, -0.1) is 0 Å². The average molecular weight is 497 g/mol. The Kier molecular flexibility index (Phi) is 6.20. The molecule has 34 heavy (non-hydrogen) atoms. The van der Waals surface area contributed by atoms with Crippen LogP contribution in [-0.4, -0.2) is 49.2 Å². The molecule has 8 nitrogen and oxygen atoms in total. The quantitative estimate of drug-likeness (QED) is 0.523. The summed E-state index contributed by atoms with van der Waals surface area (Å²) in [6.07, 6.45) is 6.34. The third-order valence-corrected chi connectivity index (χ3v) is 8.83. The van der Waals surface area contributed by atoms with Crippen LogP contribution in [0, 0.1) is 0 Å². The van der Waals surface area contributed by atoms with Gasteiger partial charge in [0.15, 0.2) is 5.13 Å². The number of nitrogens with one attached hydrogen (secondary N) is 1. The minimum atomic E-state index is -3.50. The molecule has 1 aromatic heterocycles. The van der Waals surface area contributed by atoms with E-state index < -0.39 is 10.0 Å². The predicted molar refractivity (Wildman–Crippen MR) is 133 cm³/mol. The summed E-state index contributed by atoms with van der Waals surface area (Å²) in [5, 5.41) is 3.15. The maximum absolute atomic E-state index is 12.8. The fourth-order valence-corrected chi connectivity index (χ4v) is 6.73. The van der Waals surface area contributed by atoms with E-state index in [1.807, 2.05) is 24.3 Å². The van der Waals surface area contributed by atoms with Crippen molar-refractivity contribution in [2.45, 2.75) is 30.6 Å². The molecule has 0 spiro atoms. The second-order valence-corrected chi connectivity index (χ2v) is 11.3. The lowest BCUT2D eigenvalue weighted by Crippen LogP contribution is -2.27. The highest BCUT2D eigenvalue weighted by Gasteiger charge is 2.27. The van der Waals surface area contributed by atoms with Crippen LogP contribution in [-0.2, 0) is 19.6 Å². The number of carbonyl (C=O) groups excluding carboxylic acids is 2. The van der Waals surface area contributed by atoms with Crippen LogP contribution in [0.25, 0.3) is 16.3 Å². The third-order valence-electron chi connectivity index (χ3n) is 6.00. The minimum absolute atomic E-state index is 0.138. The van der Waals surface area contributed by atoms with Crippen LogP contribution in [0.5, 0.6) is 0 Å². The highest BCUT2D eigenvalue weighted by molar-refractivity contribution is 7.89. The molecule has 2 aromatic carbocycles. The lowest BCUT2D eigenvalue weighted by Gasteiger charge is -2.15. The molecule has 1 N–H and O–H groups in total. The van der Waals surface area contributed by atoms with Gasteiger partial charge in [-0.1, -0.05) is 23.5 Å². The number of nitrogens with zero attached hydrogens (tertiary/aromatic N) is 3. The second-order valence-electron chi connectivity index (χ2n) is 8.32. The van der Waals surface area contributed by atoms with Gasteiger partial charge in [-0.3, -0.25) is 14.9 Å². The topological polar surface area (TPSA) is 99.7 Å². The van der Waals surface area contributed by atoms with Crippen LogP contribution in [0.15, 0.2) is 53.4 Å². The molecule has 2 aliphatic rings. The Morgan fingerprint density at radius 3 is 2.50 bits per heavy atom. The van der Waals surface area contributed by atoms with Crippen molar-refractivity contribution in [2.75, 3.05) is 29.9 Å². The number of anilines is 2. The molecule has 2 saturated heterocycles. The number of aromatic nitrogens is 1. The van der Waals surface area contributed by atoms with Crippen molar-refractivity contribution in [3.8, 4) is 0 Å². The predicted octanol–water partition coefficient (Wildman–Crippen LogP) is 3.86. The molecule has 0 atom stereocenters. The summed E-state index contributed by atoms with van der Waals surface area (Å²) in [4.78, 5) is 30.7. The van der Waals surface area contributed by atoms with E-state index in [2.05, 4.69) is 10.3 Å². The van der Waals surface area contributed by atoms with Crippen molar-refractivity contribution < 1.29 is 18.0 Å². The number of hydrogen-bond acceptors (Lipinski definition) is 6. The largest absolute Gasteiger partial charge is 0.312 e. The third kappa shape index (κ3) is 4.61. The van der Waals surface area contributed by atoms with Crippen molar-refractivity contribution in [3.63, 3.8) is 0 Å². The first-order valence-corrected chi connectivity index (χ1v) is 13.5. The number of rotatable bonds is 6. The first kappa shape index (κ1) is 22.7. The number of sulfonamides is 1. The lowest BCUT2D eigenvalue weighted by atomic mass is 10.2. The van der Waals surface area contributed by atoms with E-state index in [0.717, 1.165) is 37.1 Å². The fraction of sp³-hybridized carbons (Fsp3) is 0.292. The number of fused-ring (bicyclic) bond motifs is 1. The molecule has 5 rings (SSSR count). The minimum Gasteiger partial charge on any atom is -0.312 e. The molecule has 2 fully saturated rings. The Balaban J connectivity index is 1.25. The highest BCUT2D eigenvalue weighted by Crippen LogP contribution is 2.30. The van der Waals surface area contributed by atoms with E-state index in [1.54, 1.807) is 29.2 Å². The number of amides is 2. The molecule has 0 unspecified atom stereocenters. The van der Waals surface area contributed by atoms with E-state index in [0.29, 0.717) is 34.9 Å². The summed E-state index contributed by atoms with van der Waals surface area (Å²) >= 11 is 1.24. The van der Waals surface area contributed by atoms with Crippen molar-refractivity contribution in [1.29, 1.82) is 0 Å². The van der Waals surface area contributed by atoms with Crippen LogP contribution in [0.1, 0.15) is 31.2 Å². The summed E-state index contributed by atoms with van der Waals surface area (Å²) in [6.45, 7) is 1.84. The highest BCUT2D eigenvalue weighted by atomic mass is 32.2. The molecular formula is C24H24N4O4S2. The van der Waals surface area contributed by atoms with Crippen molar-refractivity contribution in [1.82, 2.24) is 9.29 Å². The Hall–Kier alpha value is -3.08. The van der Waals surface area contributed by atoms with Crippen LogP contribution < -0.4 is 10.2 Å². The molecule has 0 bridgehead atoms. The van der Waals surface area contributed by atoms with Gasteiger partial charge in [0, 0.05) is 37.8 Å². The maximum Gasteiger partial charge on any atom is 0.250 e. The SMILES string of the molecule is O=C(/C=C/c1ccc(N2CCCC2=O)cc1)Nc1nc2ccc(S(=O)(=O)N3CCCC3)cc2s1. The summed E-state index contributed by atoms with van der Waals surface area (Å²) in [7, 11) is -3.50. The van der Waals surface area contributed by atoms with E-state index in [1.165, 1.54) is 21.7 Å². The summed E-state index contributed by atoms with van der Waals surface area (Å²) in [5.74, 6) is -0.193. The van der Waals surface area contributed by atoms with Gasteiger partial charge >= 0.3 is 0 Å². The van der Waals surface area contributed by atoms with Gasteiger partial charge in [0.25, 0.3) is 0 Å². The Labute approximate surface area is 201 Å². The van der Waals surface area contributed by atoms with E-state index in [9.17, 15) is 18.0 Å². The number of carbonyl (C=O) groups is 2. The standard InChI is InChI=1S/C24H24N4O4S2/c29-22(12-7-17-5-8-18(9-6-17)28-15-3-4-23(28)30)26-24-25-20-11-10-19(16-21(20)33-24)34(31,32)27-13-1-2-14-27/h5-12,16H,1-4,13-15H2,(H,25,26,29)/b12-7+. The van der Waals surface area contributed by atoms with Crippen molar-refractivity contribution >= 4 is 60.3 Å². The zero-order valence-corrected chi connectivity index (χ0v) is 20.1. The molecule has 2 amide bonds. The van der Waals surface area contributed by atoms with Gasteiger partial charge in [-0.05, 0) is 61.2 Å². The molecule has 0 radical (unpaired) electrons. The Morgan fingerprint density at radius 2 is 1.79 bits per heavy atom. The first-order chi connectivity index (χ1) is 16.4. The van der Waals surface area contributed by atoms with Crippen LogP contribution in [0.2, 0.25) is 0 Å². The Bertz CT molecular complexity index is 1370. The van der Waals surface area contributed by atoms with E-state index in [4.69, 9.17) is 0 Å². The van der Waals surface area contributed by atoms with Gasteiger partial charge in [0.2, 0.25) is 21.8 Å². The average Bonchev–Trinajstić information content (AvgIpc) is 3.58. The summed E-state index contributed by atoms with van der Waals surface area (Å²) in [6, 6.07) is 12.4. The molecule has 3 aromatic rings. The molecule has 10 heteroatoms. The molecule has 3 heterocycles. The monoisotopic (exact) mass is 496 g/mol. The van der Waals surface area contributed by atoms with Crippen LogP contribution in [0.3, 0.4) is 0 Å². The van der Waals surface area contributed by atoms with Gasteiger partial charge in [0.05, 0.1) is 15.1 Å². The molecule has 2 aliphatic heterocycles. The van der Waals surface area contributed by atoms with E-state index >= 15 is 0 Å². The summed E-state index contributed by atoms with van der Waals surface area (Å²) in [5.41, 5.74) is 2.34. The van der Waals surface area contributed by atoms with Crippen molar-refractivity contribution in [3.05, 3.63) is 54.1 Å². The Morgan fingerprint density at radius 1 is 1.03 bits per heavy atom. The molecule has 0 saturated carbocycles. The number of hydrogen-bond donors (Lipinski definition) is 1. The zero-order chi connectivity index (χ0) is 23.7. The van der Waals surface area contributed by atoms with Crippen LogP contribution >= 0.6 is 11.3 Å². The zero-order valence-electron chi connectivity index (χ0n) is 18.4. The normalized spacial score (nSPS) is 17.3.